The standard InChI is InChI=1S/C13H20FNS/c1-9(2)10(3)16-8-12-6-4-5-11(7-15)13(12)14/h4-6,9-10H,7-8,15H2,1-3H3. The van der Waals surface area contributed by atoms with Crippen LogP contribution < -0.4 is 5.73 Å². The number of rotatable bonds is 5. The Morgan fingerprint density at radius 3 is 2.44 bits per heavy atom. The Morgan fingerprint density at radius 2 is 1.88 bits per heavy atom. The lowest BCUT2D eigenvalue weighted by Crippen LogP contribution is -2.07. The van der Waals surface area contributed by atoms with Crippen molar-refractivity contribution in [2.45, 2.75) is 38.3 Å². The third-order valence-electron chi connectivity index (χ3n) is 2.82. The van der Waals surface area contributed by atoms with E-state index in [4.69, 9.17) is 5.73 Å². The summed E-state index contributed by atoms with van der Waals surface area (Å²) in [5.74, 6) is 1.21. The molecule has 2 N–H and O–H groups in total. The Morgan fingerprint density at radius 1 is 1.25 bits per heavy atom. The predicted molar refractivity (Wildman–Crippen MR) is 69.9 cm³/mol. The summed E-state index contributed by atoms with van der Waals surface area (Å²) in [7, 11) is 0. The normalized spacial score (nSPS) is 13.1. The summed E-state index contributed by atoms with van der Waals surface area (Å²) in [6.45, 7) is 6.82. The van der Waals surface area contributed by atoms with Gasteiger partial charge < -0.3 is 5.73 Å². The van der Waals surface area contributed by atoms with Crippen LogP contribution in [0.5, 0.6) is 0 Å². The first-order valence-corrected chi connectivity index (χ1v) is 6.69. The van der Waals surface area contributed by atoms with Crippen LogP contribution in [-0.4, -0.2) is 5.25 Å². The fourth-order valence-electron chi connectivity index (χ4n) is 1.32. The fourth-order valence-corrected chi connectivity index (χ4v) is 2.37. The first kappa shape index (κ1) is 13.5. The maximum Gasteiger partial charge on any atom is 0.131 e. The quantitative estimate of drug-likeness (QED) is 0.853. The molecule has 0 fully saturated rings. The molecule has 1 aromatic carbocycles. The van der Waals surface area contributed by atoms with Gasteiger partial charge in [-0.15, -0.1) is 0 Å². The number of benzene rings is 1. The highest BCUT2D eigenvalue weighted by atomic mass is 32.2. The molecule has 0 spiro atoms. The van der Waals surface area contributed by atoms with E-state index in [1.54, 1.807) is 17.8 Å². The average Bonchev–Trinajstić information content (AvgIpc) is 2.27. The number of nitrogens with two attached hydrogens (primary N) is 1. The Balaban J connectivity index is 2.67. The molecule has 0 saturated heterocycles. The Hall–Kier alpha value is -0.540. The minimum Gasteiger partial charge on any atom is -0.326 e. The molecular formula is C13H20FNS. The molecule has 90 valence electrons. The third-order valence-corrected chi connectivity index (χ3v) is 4.37. The van der Waals surface area contributed by atoms with Crippen LogP contribution in [-0.2, 0) is 12.3 Å². The van der Waals surface area contributed by atoms with Crippen molar-refractivity contribution in [3.8, 4) is 0 Å². The molecule has 0 amide bonds. The van der Waals surface area contributed by atoms with E-state index in [-0.39, 0.29) is 12.4 Å². The highest BCUT2D eigenvalue weighted by Crippen LogP contribution is 2.25. The molecule has 0 aromatic heterocycles. The molecule has 3 heteroatoms. The SMILES string of the molecule is CC(C)C(C)SCc1cccc(CN)c1F. The van der Waals surface area contributed by atoms with Gasteiger partial charge in [0.15, 0.2) is 0 Å². The van der Waals surface area contributed by atoms with Crippen LogP contribution in [0.15, 0.2) is 18.2 Å². The minimum absolute atomic E-state index is 0.131. The van der Waals surface area contributed by atoms with Crippen LogP contribution in [0, 0.1) is 11.7 Å². The number of thioether (sulfide) groups is 1. The summed E-state index contributed by atoms with van der Waals surface area (Å²) >= 11 is 1.79. The molecule has 0 aliphatic carbocycles. The van der Waals surface area contributed by atoms with Crippen LogP contribution in [0.1, 0.15) is 31.9 Å². The molecule has 0 saturated carbocycles. The molecule has 1 aromatic rings. The van der Waals surface area contributed by atoms with Gasteiger partial charge in [0, 0.05) is 23.1 Å². The lowest BCUT2D eigenvalue weighted by atomic mass is 10.1. The van der Waals surface area contributed by atoms with Crippen molar-refractivity contribution in [3.63, 3.8) is 0 Å². The van der Waals surface area contributed by atoms with Crippen LogP contribution in [0.25, 0.3) is 0 Å². The predicted octanol–water partition coefficient (Wildman–Crippen LogP) is 3.56. The fraction of sp³-hybridized carbons (Fsp3) is 0.538. The highest BCUT2D eigenvalue weighted by Gasteiger charge is 2.11. The van der Waals surface area contributed by atoms with Crippen molar-refractivity contribution in [2.75, 3.05) is 0 Å². The monoisotopic (exact) mass is 241 g/mol. The Bertz CT molecular complexity index is 339. The second kappa shape index (κ2) is 6.26. The molecule has 1 unspecified atom stereocenters. The minimum atomic E-state index is -0.131. The maximum atomic E-state index is 13.8. The largest absolute Gasteiger partial charge is 0.326 e. The van der Waals surface area contributed by atoms with Crippen molar-refractivity contribution < 1.29 is 4.39 Å². The molecule has 1 atom stereocenters. The van der Waals surface area contributed by atoms with Crippen molar-refractivity contribution in [1.82, 2.24) is 0 Å². The summed E-state index contributed by atoms with van der Waals surface area (Å²) in [5.41, 5.74) is 6.85. The average molecular weight is 241 g/mol. The molecular weight excluding hydrogens is 221 g/mol. The zero-order valence-corrected chi connectivity index (χ0v) is 11.0. The Labute approximate surface area is 102 Å². The number of hydrogen-bond donors (Lipinski definition) is 1. The zero-order chi connectivity index (χ0) is 12.1. The summed E-state index contributed by atoms with van der Waals surface area (Å²) in [4.78, 5) is 0. The first-order valence-electron chi connectivity index (χ1n) is 5.64. The van der Waals surface area contributed by atoms with Gasteiger partial charge >= 0.3 is 0 Å². The first-order chi connectivity index (χ1) is 7.56. The van der Waals surface area contributed by atoms with Crippen molar-refractivity contribution in [2.24, 2.45) is 11.7 Å². The van der Waals surface area contributed by atoms with E-state index in [0.717, 1.165) is 11.3 Å². The van der Waals surface area contributed by atoms with Gasteiger partial charge in [-0.3, -0.25) is 0 Å². The maximum absolute atomic E-state index is 13.8. The number of hydrogen-bond acceptors (Lipinski definition) is 2. The van der Waals surface area contributed by atoms with Gasteiger partial charge in [-0.2, -0.15) is 11.8 Å². The van der Waals surface area contributed by atoms with Crippen LogP contribution in [0.4, 0.5) is 4.39 Å². The van der Waals surface area contributed by atoms with Crippen molar-refractivity contribution in [3.05, 3.63) is 35.1 Å². The lowest BCUT2D eigenvalue weighted by Gasteiger charge is -2.15. The Kier molecular flexibility index (Phi) is 5.29. The zero-order valence-electron chi connectivity index (χ0n) is 10.2. The molecule has 0 heterocycles. The van der Waals surface area contributed by atoms with E-state index >= 15 is 0 Å². The highest BCUT2D eigenvalue weighted by molar-refractivity contribution is 7.99. The van der Waals surface area contributed by atoms with Crippen LogP contribution in [0.3, 0.4) is 0 Å². The molecule has 1 nitrogen and oxygen atoms in total. The summed E-state index contributed by atoms with van der Waals surface area (Å²) < 4.78 is 13.8. The lowest BCUT2D eigenvalue weighted by molar-refractivity contribution is 0.599. The van der Waals surface area contributed by atoms with E-state index in [1.165, 1.54) is 0 Å². The molecule has 0 aliphatic heterocycles. The number of halogens is 1. The van der Waals surface area contributed by atoms with E-state index in [0.29, 0.717) is 16.7 Å². The molecule has 0 radical (unpaired) electrons. The second-order valence-corrected chi connectivity index (χ2v) is 5.72. The summed E-state index contributed by atoms with van der Waals surface area (Å²) in [5, 5.41) is 0.543. The molecule has 1 rings (SSSR count). The van der Waals surface area contributed by atoms with E-state index in [2.05, 4.69) is 20.8 Å². The van der Waals surface area contributed by atoms with Gasteiger partial charge in [0.25, 0.3) is 0 Å². The topological polar surface area (TPSA) is 26.0 Å². The van der Waals surface area contributed by atoms with Gasteiger partial charge in [0.2, 0.25) is 0 Å². The van der Waals surface area contributed by atoms with Gasteiger partial charge in [-0.25, -0.2) is 4.39 Å². The van der Waals surface area contributed by atoms with Crippen LogP contribution >= 0.6 is 11.8 Å². The van der Waals surface area contributed by atoms with E-state index in [1.807, 2.05) is 12.1 Å². The molecule has 16 heavy (non-hydrogen) atoms. The van der Waals surface area contributed by atoms with Gasteiger partial charge in [0.1, 0.15) is 5.82 Å². The third kappa shape index (κ3) is 3.49. The summed E-state index contributed by atoms with van der Waals surface area (Å²) in [6.07, 6.45) is 0. The van der Waals surface area contributed by atoms with Crippen molar-refractivity contribution in [1.29, 1.82) is 0 Å². The van der Waals surface area contributed by atoms with E-state index < -0.39 is 0 Å². The van der Waals surface area contributed by atoms with Gasteiger partial charge in [-0.1, -0.05) is 39.0 Å². The van der Waals surface area contributed by atoms with E-state index in [9.17, 15) is 4.39 Å². The summed E-state index contributed by atoms with van der Waals surface area (Å²) in [6, 6.07) is 5.46. The molecule has 0 bridgehead atoms. The molecule has 0 aliphatic rings. The van der Waals surface area contributed by atoms with Crippen LogP contribution in [0.2, 0.25) is 0 Å². The second-order valence-electron chi connectivity index (χ2n) is 4.35. The smallest absolute Gasteiger partial charge is 0.131 e. The van der Waals surface area contributed by atoms with Gasteiger partial charge in [0.05, 0.1) is 0 Å². The van der Waals surface area contributed by atoms with Crippen molar-refractivity contribution >= 4 is 11.8 Å². The van der Waals surface area contributed by atoms with Gasteiger partial charge in [-0.05, 0) is 11.5 Å².